The number of nitrogens with zero attached hydrogens (tertiary/aromatic N) is 3. The summed E-state index contributed by atoms with van der Waals surface area (Å²) in [5, 5.41) is 7.37. The van der Waals surface area contributed by atoms with Gasteiger partial charge in [0.05, 0.1) is 6.20 Å². The fourth-order valence-electron chi connectivity index (χ4n) is 1.49. The van der Waals surface area contributed by atoms with Gasteiger partial charge >= 0.3 is 0 Å². The van der Waals surface area contributed by atoms with Gasteiger partial charge < -0.3 is 10.2 Å². The van der Waals surface area contributed by atoms with Crippen molar-refractivity contribution < 1.29 is 0 Å². The highest BCUT2D eigenvalue weighted by Crippen LogP contribution is 2.01. The van der Waals surface area contributed by atoms with Crippen LogP contribution < -0.4 is 5.32 Å². The number of aromatic nitrogens is 2. The highest BCUT2D eigenvalue weighted by Gasteiger charge is 2.05. The Hall–Kier alpha value is -0.870. The molecular weight excluding hydrogens is 176 g/mol. The van der Waals surface area contributed by atoms with Crippen molar-refractivity contribution in [3.8, 4) is 0 Å². The van der Waals surface area contributed by atoms with Crippen molar-refractivity contribution in [3.05, 3.63) is 18.0 Å². The van der Waals surface area contributed by atoms with Gasteiger partial charge in [-0.3, -0.25) is 4.68 Å². The standard InChI is InChI=1S/C10H20N4/c1-9(11-2)6-13(3)7-10-5-12-14(4)8-10/h5,8-9,11H,6-7H2,1-4H3. The van der Waals surface area contributed by atoms with Crippen molar-refractivity contribution in [3.63, 3.8) is 0 Å². The van der Waals surface area contributed by atoms with Gasteiger partial charge in [0, 0.05) is 37.9 Å². The minimum atomic E-state index is 0.525. The highest BCUT2D eigenvalue weighted by molar-refractivity contribution is 5.02. The zero-order chi connectivity index (χ0) is 10.6. The van der Waals surface area contributed by atoms with Gasteiger partial charge in [-0.25, -0.2) is 0 Å². The van der Waals surface area contributed by atoms with Crippen LogP contribution in [0, 0.1) is 0 Å². The van der Waals surface area contributed by atoms with Gasteiger partial charge in [0.25, 0.3) is 0 Å². The summed E-state index contributed by atoms with van der Waals surface area (Å²) in [4.78, 5) is 2.29. The van der Waals surface area contributed by atoms with E-state index in [-0.39, 0.29) is 0 Å². The van der Waals surface area contributed by atoms with E-state index in [1.54, 1.807) is 0 Å². The minimum Gasteiger partial charge on any atom is -0.316 e. The maximum atomic E-state index is 4.14. The van der Waals surface area contributed by atoms with Crippen LogP contribution in [0.25, 0.3) is 0 Å². The summed E-state index contributed by atoms with van der Waals surface area (Å²) in [6.07, 6.45) is 3.97. The number of rotatable bonds is 5. The molecule has 14 heavy (non-hydrogen) atoms. The van der Waals surface area contributed by atoms with Gasteiger partial charge in [0.1, 0.15) is 0 Å². The quantitative estimate of drug-likeness (QED) is 0.742. The molecule has 0 radical (unpaired) electrons. The SMILES string of the molecule is CNC(C)CN(C)Cc1cnn(C)c1. The Morgan fingerprint density at radius 3 is 2.86 bits per heavy atom. The summed E-state index contributed by atoms with van der Waals surface area (Å²) < 4.78 is 1.84. The van der Waals surface area contributed by atoms with Crippen LogP contribution in [0.2, 0.25) is 0 Å². The molecule has 1 aromatic heterocycles. The number of nitrogens with one attached hydrogen (secondary N) is 1. The third kappa shape index (κ3) is 3.47. The molecule has 80 valence electrons. The largest absolute Gasteiger partial charge is 0.316 e. The molecule has 0 aromatic carbocycles. The molecule has 1 N–H and O–H groups in total. The topological polar surface area (TPSA) is 33.1 Å². The van der Waals surface area contributed by atoms with Crippen molar-refractivity contribution in [2.24, 2.45) is 7.05 Å². The average molecular weight is 196 g/mol. The van der Waals surface area contributed by atoms with E-state index in [9.17, 15) is 0 Å². The van der Waals surface area contributed by atoms with Crippen LogP contribution in [0.4, 0.5) is 0 Å². The Bertz CT molecular complexity index is 269. The molecule has 0 aliphatic carbocycles. The summed E-state index contributed by atoms with van der Waals surface area (Å²) in [6.45, 7) is 4.19. The van der Waals surface area contributed by atoms with Gasteiger partial charge in [-0.15, -0.1) is 0 Å². The molecule has 4 nitrogen and oxygen atoms in total. The van der Waals surface area contributed by atoms with Crippen molar-refractivity contribution in [1.82, 2.24) is 20.0 Å². The molecule has 1 unspecified atom stereocenters. The Morgan fingerprint density at radius 2 is 2.36 bits per heavy atom. The van der Waals surface area contributed by atoms with Crippen molar-refractivity contribution >= 4 is 0 Å². The lowest BCUT2D eigenvalue weighted by Gasteiger charge is -2.20. The van der Waals surface area contributed by atoms with Crippen molar-refractivity contribution in [2.45, 2.75) is 19.5 Å². The fraction of sp³-hybridized carbons (Fsp3) is 0.700. The van der Waals surface area contributed by atoms with Crippen LogP contribution in [0.3, 0.4) is 0 Å². The second kappa shape index (κ2) is 5.12. The molecule has 0 aliphatic heterocycles. The molecule has 1 atom stereocenters. The van der Waals surface area contributed by atoms with E-state index in [0.29, 0.717) is 6.04 Å². The van der Waals surface area contributed by atoms with Gasteiger partial charge in [-0.1, -0.05) is 0 Å². The number of hydrogen-bond donors (Lipinski definition) is 1. The Labute approximate surface area is 85.9 Å². The van der Waals surface area contributed by atoms with Crippen LogP contribution in [-0.4, -0.2) is 41.4 Å². The normalized spacial score (nSPS) is 13.5. The van der Waals surface area contributed by atoms with E-state index in [0.717, 1.165) is 13.1 Å². The molecule has 0 saturated carbocycles. The first-order valence-electron chi connectivity index (χ1n) is 4.95. The lowest BCUT2D eigenvalue weighted by atomic mass is 10.3. The molecule has 0 bridgehead atoms. The van der Waals surface area contributed by atoms with Gasteiger partial charge in [-0.2, -0.15) is 5.10 Å². The molecule has 0 amide bonds. The van der Waals surface area contributed by atoms with Crippen molar-refractivity contribution in [1.29, 1.82) is 0 Å². The third-order valence-electron chi connectivity index (χ3n) is 2.29. The fourth-order valence-corrected chi connectivity index (χ4v) is 1.49. The molecule has 1 heterocycles. The second-order valence-corrected chi connectivity index (χ2v) is 3.91. The Morgan fingerprint density at radius 1 is 1.64 bits per heavy atom. The van der Waals surface area contributed by atoms with Crippen LogP contribution in [0.5, 0.6) is 0 Å². The van der Waals surface area contributed by atoms with E-state index in [4.69, 9.17) is 0 Å². The summed E-state index contributed by atoms with van der Waals surface area (Å²) in [7, 11) is 6.06. The first-order valence-corrected chi connectivity index (χ1v) is 4.95. The zero-order valence-corrected chi connectivity index (χ0v) is 9.49. The zero-order valence-electron chi connectivity index (χ0n) is 9.49. The maximum Gasteiger partial charge on any atom is 0.0534 e. The smallest absolute Gasteiger partial charge is 0.0534 e. The summed E-state index contributed by atoms with van der Waals surface area (Å²) in [6, 6.07) is 0.525. The average Bonchev–Trinajstić information content (AvgIpc) is 2.50. The van der Waals surface area contributed by atoms with Gasteiger partial charge in [0.15, 0.2) is 0 Å². The van der Waals surface area contributed by atoms with Crippen LogP contribution in [0.15, 0.2) is 12.4 Å². The van der Waals surface area contributed by atoms with Crippen LogP contribution in [0.1, 0.15) is 12.5 Å². The summed E-state index contributed by atoms with van der Waals surface area (Å²) in [5.74, 6) is 0. The van der Waals surface area contributed by atoms with E-state index in [1.165, 1.54) is 5.56 Å². The molecule has 0 spiro atoms. The number of hydrogen-bond acceptors (Lipinski definition) is 3. The van der Waals surface area contributed by atoms with Crippen molar-refractivity contribution in [2.75, 3.05) is 20.6 Å². The Balaban J connectivity index is 2.37. The molecule has 0 aliphatic rings. The second-order valence-electron chi connectivity index (χ2n) is 3.91. The first-order chi connectivity index (χ1) is 6.61. The van der Waals surface area contributed by atoms with E-state index in [2.05, 4.69) is 35.5 Å². The molecular formula is C10H20N4. The lowest BCUT2D eigenvalue weighted by Crippen LogP contribution is -2.34. The predicted molar refractivity (Wildman–Crippen MR) is 58.1 cm³/mol. The highest BCUT2D eigenvalue weighted by atomic mass is 15.2. The van der Waals surface area contributed by atoms with Gasteiger partial charge in [-0.05, 0) is 21.0 Å². The maximum absolute atomic E-state index is 4.14. The molecule has 0 saturated heterocycles. The first kappa shape index (κ1) is 11.2. The molecule has 1 rings (SSSR count). The summed E-state index contributed by atoms with van der Waals surface area (Å²) in [5.41, 5.74) is 1.26. The van der Waals surface area contributed by atoms with E-state index < -0.39 is 0 Å². The molecule has 1 aromatic rings. The van der Waals surface area contributed by atoms with Crippen LogP contribution >= 0.6 is 0 Å². The minimum absolute atomic E-state index is 0.525. The predicted octanol–water partition coefficient (Wildman–Crippen LogP) is 0.460. The monoisotopic (exact) mass is 196 g/mol. The van der Waals surface area contributed by atoms with E-state index >= 15 is 0 Å². The lowest BCUT2D eigenvalue weighted by molar-refractivity contribution is 0.295. The summed E-state index contributed by atoms with van der Waals surface area (Å²) >= 11 is 0. The number of likely N-dealkylation sites (N-methyl/N-ethyl adjacent to an activating group) is 2. The third-order valence-corrected chi connectivity index (χ3v) is 2.29. The number of aryl methyl sites for hydroxylation is 1. The molecule has 0 fully saturated rings. The van der Waals surface area contributed by atoms with E-state index in [1.807, 2.05) is 25.0 Å². The molecule has 4 heteroatoms. The Kier molecular flexibility index (Phi) is 4.10. The van der Waals surface area contributed by atoms with Gasteiger partial charge in [0.2, 0.25) is 0 Å². The van der Waals surface area contributed by atoms with Crippen LogP contribution in [-0.2, 0) is 13.6 Å².